The predicted octanol–water partition coefficient (Wildman–Crippen LogP) is 10.6. The minimum Gasteiger partial charge on any atom is -0.426 e. The zero-order valence-corrected chi connectivity index (χ0v) is 23.8. The number of ether oxygens (including phenoxy) is 1. The number of rotatable bonds is 9. The molecule has 3 fully saturated rings. The third kappa shape index (κ3) is 8.79. The highest BCUT2D eigenvalue weighted by Gasteiger charge is 2.34. The molecule has 3 aliphatic carbocycles. The molecule has 0 radical (unpaired) electrons. The summed E-state index contributed by atoms with van der Waals surface area (Å²) in [6.07, 6.45) is 10.8. The van der Waals surface area contributed by atoms with Crippen LogP contribution in [0.15, 0.2) is 30.1 Å². The first-order chi connectivity index (χ1) is 19.1. The van der Waals surface area contributed by atoms with Gasteiger partial charge in [0.15, 0.2) is 0 Å². The first-order valence-corrected chi connectivity index (χ1v) is 15.6. The van der Waals surface area contributed by atoms with Gasteiger partial charge in [-0.2, -0.15) is 13.2 Å². The van der Waals surface area contributed by atoms with E-state index in [-0.39, 0.29) is 42.5 Å². The van der Waals surface area contributed by atoms with Crippen LogP contribution in [0.5, 0.6) is 5.75 Å². The van der Waals surface area contributed by atoms with Crippen molar-refractivity contribution in [3.05, 3.63) is 41.5 Å². The van der Waals surface area contributed by atoms with Crippen LogP contribution in [0.2, 0.25) is 0 Å². The zero-order valence-electron chi connectivity index (χ0n) is 23.8. The van der Waals surface area contributed by atoms with Gasteiger partial charge in [0.25, 0.3) is 0 Å². The first-order valence-electron chi connectivity index (χ1n) is 15.6. The molecule has 7 heteroatoms. The molecule has 224 valence electrons. The molecule has 3 saturated carbocycles. The van der Waals surface area contributed by atoms with Gasteiger partial charge in [0.05, 0.1) is 12.0 Å². The van der Waals surface area contributed by atoms with E-state index in [1.54, 1.807) is 12.1 Å². The fraction of sp³-hybridized carbons (Fsp3) is 0.727. The monoisotopic (exact) mass is 568 g/mol. The van der Waals surface area contributed by atoms with Crippen molar-refractivity contribution < 1.29 is 31.5 Å². The lowest BCUT2D eigenvalue weighted by Crippen LogP contribution is -2.30. The van der Waals surface area contributed by atoms with Gasteiger partial charge in [0, 0.05) is 12.0 Å². The summed E-state index contributed by atoms with van der Waals surface area (Å²) in [5.74, 6) is -0.484. The molecule has 1 aromatic carbocycles. The van der Waals surface area contributed by atoms with Crippen LogP contribution in [0.3, 0.4) is 0 Å². The number of alkyl halides is 3. The molecule has 3 aliphatic rings. The second-order valence-corrected chi connectivity index (χ2v) is 12.6. The average molecular weight is 569 g/mol. The summed E-state index contributed by atoms with van der Waals surface area (Å²) in [7, 11) is 0. The van der Waals surface area contributed by atoms with Crippen molar-refractivity contribution in [1.29, 1.82) is 0 Å². The molecule has 0 heterocycles. The zero-order chi connectivity index (χ0) is 28.7. The molecule has 0 amide bonds. The van der Waals surface area contributed by atoms with E-state index in [1.165, 1.54) is 57.4 Å². The maximum absolute atomic E-state index is 15.0. The summed E-state index contributed by atoms with van der Waals surface area (Å²) in [5.41, 5.74) is 0.444. The highest BCUT2D eigenvalue weighted by molar-refractivity contribution is 5.75. The van der Waals surface area contributed by atoms with Gasteiger partial charge in [-0.3, -0.25) is 4.79 Å². The molecule has 0 aliphatic heterocycles. The number of allylic oxidation sites excluding steroid dienone is 2. The number of hydrogen-bond acceptors (Lipinski definition) is 2. The smallest absolute Gasteiger partial charge is 0.412 e. The van der Waals surface area contributed by atoms with Crippen molar-refractivity contribution in [1.82, 2.24) is 0 Å². The third-order valence-electron chi connectivity index (χ3n) is 9.93. The highest BCUT2D eigenvalue weighted by Crippen LogP contribution is 2.43. The summed E-state index contributed by atoms with van der Waals surface area (Å²) in [6, 6.07) is 4.42. The molecule has 1 aromatic rings. The predicted molar refractivity (Wildman–Crippen MR) is 147 cm³/mol. The molecule has 0 N–H and O–H groups in total. The molecule has 0 bridgehead atoms. The highest BCUT2D eigenvalue weighted by atomic mass is 19.4. The number of unbranched alkanes of at least 4 members (excludes halogenated alkanes) is 2. The van der Waals surface area contributed by atoms with E-state index in [0.717, 1.165) is 37.5 Å². The van der Waals surface area contributed by atoms with E-state index in [0.29, 0.717) is 24.3 Å². The summed E-state index contributed by atoms with van der Waals surface area (Å²) >= 11 is 0. The van der Waals surface area contributed by atoms with Gasteiger partial charge < -0.3 is 4.74 Å². The average Bonchev–Trinajstić information content (AvgIpc) is 2.93. The Kier molecular flexibility index (Phi) is 11.1. The van der Waals surface area contributed by atoms with Crippen LogP contribution in [0, 0.1) is 35.4 Å². The molecule has 0 spiro atoms. The van der Waals surface area contributed by atoms with Gasteiger partial charge >= 0.3 is 12.1 Å². The summed E-state index contributed by atoms with van der Waals surface area (Å²) in [5, 5.41) is 0. The maximum Gasteiger partial charge on any atom is 0.412 e. The molecule has 0 unspecified atom stereocenters. The molecular weight excluding hydrogens is 523 g/mol. The van der Waals surface area contributed by atoms with E-state index in [2.05, 4.69) is 6.92 Å². The summed E-state index contributed by atoms with van der Waals surface area (Å²) in [6.45, 7) is 2.25. The Morgan fingerprint density at radius 1 is 0.875 bits per heavy atom. The summed E-state index contributed by atoms with van der Waals surface area (Å²) in [4.78, 5) is 12.8. The van der Waals surface area contributed by atoms with Crippen molar-refractivity contribution in [3.63, 3.8) is 0 Å². The van der Waals surface area contributed by atoms with Crippen molar-refractivity contribution in [3.8, 4) is 5.75 Å². The number of esters is 1. The van der Waals surface area contributed by atoms with Crippen LogP contribution in [-0.2, 0) is 4.79 Å². The van der Waals surface area contributed by atoms with Gasteiger partial charge in [0.2, 0.25) is 0 Å². The molecule has 0 saturated heterocycles. The molecule has 4 rings (SSSR count). The van der Waals surface area contributed by atoms with Crippen LogP contribution in [0.4, 0.5) is 22.0 Å². The maximum atomic E-state index is 15.0. The molecular formula is C33H45F5O2. The molecule has 0 atom stereocenters. The lowest BCUT2D eigenvalue weighted by Gasteiger charge is -2.37. The normalized spacial score (nSPS) is 30.2. The Hall–Kier alpha value is -1.92. The van der Waals surface area contributed by atoms with Gasteiger partial charge in [0.1, 0.15) is 17.4 Å². The quantitative estimate of drug-likeness (QED) is 0.128. The van der Waals surface area contributed by atoms with Crippen molar-refractivity contribution in [2.45, 2.75) is 122 Å². The van der Waals surface area contributed by atoms with Gasteiger partial charge in [-0.1, -0.05) is 51.5 Å². The van der Waals surface area contributed by atoms with Crippen LogP contribution >= 0.6 is 0 Å². The Labute approximate surface area is 236 Å². The number of hydrogen-bond donors (Lipinski definition) is 0. The molecule has 0 aromatic heterocycles. The largest absolute Gasteiger partial charge is 0.426 e. The standard InChI is InChI=1S/C33H45F5O2/c1-2-3-4-5-22-6-8-23(9-7-22)24-10-16-27(17-11-24)32(39)40-28-18-19-29(30(34)20-28)25-12-14-26(15-13-25)31(35)21-33(36,37)38/h18-27H,2-17H2,1H3/b31-21-. The van der Waals surface area contributed by atoms with E-state index >= 15 is 0 Å². The van der Waals surface area contributed by atoms with Crippen LogP contribution < -0.4 is 4.74 Å². The van der Waals surface area contributed by atoms with E-state index < -0.39 is 23.7 Å². The Morgan fingerprint density at radius 2 is 1.48 bits per heavy atom. The van der Waals surface area contributed by atoms with Crippen LogP contribution in [-0.4, -0.2) is 12.1 Å². The Balaban J connectivity index is 1.20. The Bertz CT molecular complexity index is 979. The van der Waals surface area contributed by atoms with E-state index in [1.807, 2.05) is 0 Å². The minimum atomic E-state index is -4.67. The van der Waals surface area contributed by atoms with Gasteiger partial charge in [-0.05, 0) is 99.5 Å². The number of halogens is 5. The SMILES string of the molecule is CCCCCC1CCC(C2CCC(C(=O)Oc3ccc(C4CCC(/C(F)=C/C(F)(F)F)CC4)c(F)c3)CC2)CC1. The lowest BCUT2D eigenvalue weighted by molar-refractivity contribution is -0.140. The van der Waals surface area contributed by atoms with Crippen molar-refractivity contribution in [2.24, 2.45) is 29.6 Å². The third-order valence-corrected chi connectivity index (χ3v) is 9.93. The fourth-order valence-corrected chi connectivity index (χ4v) is 7.51. The molecule has 2 nitrogen and oxygen atoms in total. The number of carbonyl (C=O) groups is 1. The Morgan fingerprint density at radius 3 is 2.05 bits per heavy atom. The lowest BCUT2D eigenvalue weighted by atomic mass is 9.68. The van der Waals surface area contributed by atoms with Crippen molar-refractivity contribution >= 4 is 5.97 Å². The molecule has 40 heavy (non-hydrogen) atoms. The van der Waals surface area contributed by atoms with E-state index in [9.17, 15) is 26.7 Å². The van der Waals surface area contributed by atoms with Crippen LogP contribution in [0.1, 0.15) is 121 Å². The minimum absolute atomic E-state index is 0.153. The first kappa shape index (κ1) is 31.0. The summed E-state index contributed by atoms with van der Waals surface area (Å²) < 4.78 is 71.8. The number of benzene rings is 1. The van der Waals surface area contributed by atoms with Crippen LogP contribution in [0.25, 0.3) is 0 Å². The van der Waals surface area contributed by atoms with Gasteiger partial charge in [-0.15, -0.1) is 0 Å². The van der Waals surface area contributed by atoms with E-state index in [4.69, 9.17) is 4.74 Å². The van der Waals surface area contributed by atoms with Gasteiger partial charge in [-0.25, -0.2) is 8.78 Å². The number of carbonyl (C=O) groups excluding carboxylic acids is 1. The second-order valence-electron chi connectivity index (χ2n) is 12.6. The second kappa shape index (κ2) is 14.3. The topological polar surface area (TPSA) is 26.3 Å². The fourth-order valence-electron chi connectivity index (χ4n) is 7.51. The van der Waals surface area contributed by atoms with Crippen molar-refractivity contribution in [2.75, 3.05) is 0 Å².